The summed E-state index contributed by atoms with van der Waals surface area (Å²) in [7, 11) is 0. The molecular formula is C18H19ClN4O2S2. The average Bonchev–Trinajstić information content (AvgIpc) is 3.16. The molecule has 1 aliphatic rings. The fraction of sp³-hybridized carbons (Fsp3) is 0.278. The molecule has 0 saturated carbocycles. The first-order chi connectivity index (χ1) is 12.9. The van der Waals surface area contributed by atoms with Gasteiger partial charge in [-0.25, -0.2) is 0 Å². The van der Waals surface area contributed by atoms with Gasteiger partial charge in [0.1, 0.15) is 0 Å². The highest BCUT2D eigenvalue weighted by Crippen LogP contribution is 2.29. The molecule has 1 aromatic heterocycles. The molecule has 2 N–H and O–H groups in total. The first-order valence-corrected chi connectivity index (χ1v) is 10.1. The number of rotatable bonds is 3. The summed E-state index contributed by atoms with van der Waals surface area (Å²) in [6.07, 6.45) is 0. The third kappa shape index (κ3) is 4.97. The van der Waals surface area contributed by atoms with E-state index in [0.29, 0.717) is 28.7 Å². The van der Waals surface area contributed by atoms with E-state index >= 15 is 0 Å². The molecule has 9 heteroatoms. The lowest BCUT2D eigenvalue weighted by atomic mass is 10.2. The maximum absolute atomic E-state index is 12.0. The predicted octanol–water partition coefficient (Wildman–Crippen LogP) is 3.20. The Balaban J connectivity index is 1.59. The van der Waals surface area contributed by atoms with Gasteiger partial charge in [-0.15, -0.1) is 11.3 Å². The summed E-state index contributed by atoms with van der Waals surface area (Å²) >= 11 is 13.0. The van der Waals surface area contributed by atoms with Crippen LogP contribution in [0.1, 0.15) is 16.6 Å². The minimum absolute atomic E-state index is 0.0957. The predicted molar refractivity (Wildman–Crippen MR) is 114 cm³/mol. The SMILES string of the molecule is CC(=O)N1CCN(c2ccc(NC(=S)NC(=O)c3cccs3)cc2Cl)CC1. The number of carbonyl (C=O) groups is 2. The van der Waals surface area contributed by atoms with Crippen molar-refractivity contribution in [2.75, 3.05) is 36.4 Å². The van der Waals surface area contributed by atoms with Crippen molar-refractivity contribution >= 4 is 63.5 Å². The summed E-state index contributed by atoms with van der Waals surface area (Å²) in [5.74, 6) is -0.146. The second-order valence-corrected chi connectivity index (χ2v) is 7.81. The van der Waals surface area contributed by atoms with Crippen molar-refractivity contribution in [1.82, 2.24) is 10.2 Å². The molecule has 2 amide bonds. The Hall–Kier alpha value is -2.16. The van der Waals surface area contributed by atoms with Crippen LogP contribution < -0.4 is 15.5 Å². The van der Waals surface area contributed by atoms with Gasteiger partial charge in [0.2, 0.25) is 5.91 Å². The van der Waals surface area contributed by atoms with Gasteiger partial charge in [-0.1, -0.05) is 17.7 Å². The van der Waals surface area contributed by atoms with Crippen LogP contribution in [0, 0.1) is 0 Å². The zero-order chi connectivity index (χ0) is 19.4. The molecule has 0 unspecified atom stereocenters. The Labute approximate surface area is 172 Å². The fourth-order valence-electron chi connectivity index (χ4n) is 2.84. The molecule has 1 fully saturated rings. The van der Waals surface area contributed by atoms with Gasteiger partial charge in [0.25, 0.3) is 5.91 Å². The average molecular weight is 423 g/mol. The summed E-state index contributed by atoms with van der Waals surface area (Å²) in [6.45, 7) is 4.43. The van der Waals surface area contributed by atoms with Crippen LogP contribution in [-0.2, 0) is 4.79 Å². The van der Waals surface area contributed by atoms with E-state index in [1.165, 1.54) is 11.3 Å². The summed E-state index contributed by atoms with van der Waals surface area (Å²) in [6, 6.07) is 9.10. The number of thiocarbonyl (C=S) groups is 1. The number of thiophene rings is 1. The maximum atomic E-state index is 12.0. The molecule has 1 saturated heterocycles. The molecule has 2 aromatic rings. The quantitative estimate of drug-likeness (QED) is 0.743. The Morgan fingerprint density at radius 2 is 1.93 bits per heavy atom. The molecule has 2 heterocycles. The van der Waals surface area contributed by atoms with E-state index in [1.807, 2.05) is 28.5 Å². The molecule has 0 atom stereocenters. The van der Waals surface area contributed by atoms with Gasteiger partial charge in [-0.2, -0.15) is 0 Å². The lowest BCUT2D eigenvalue weighted by molar-refractivity contribution is -0.129. The van der Waals surface area contributed by atoms with Crippen molar-refractivity contribution in [3.63, 3.8) is 0 Å². The van der Waals surface area contributed by atoms with Crippen LogP contribution in [0.5, 0.6) is 0 Å². The monoisotopic (exact) mass is 422 g/mol. The molecule has 3 rings (SSSR count). The fourth-order valence-corrected chi connectivity index (χ4v) is 3.97. The van der Waals surface area contributed by atoms with E-state index in [1.54, 1.807) is 19.1 Å². The van der Waals surface area contributed by atoms with Crippen molar-refractivity contribution in [2.24, 2.45) is 0 Å². The number of hydrogen-bond acceptors (Lipinski definition) is 5. The van der Waals surface area contributed by atoms with Crippen molar-refractivity contribution in [3.8, 4) is 0 Å². The van der Waals surface area contributed by atoms with Crippen LogP contribution in [0.4, 0.5) is 11.4 Å². The number of piperazine rings is 1. The van der Waals surface area contributed by atoms with Crippen molar-refractivity contribution < 1.29 is 9.59 Å². The normalized spacial score (nSPS) is 14.0. The molecule has 6 nitrogen and oxygen atoms in total. The van der Waals surface area contributed by atoms with Gasteiger partial charge in [-0.05, 0) is 41.9 Å². The number of amides is 2. The van der Waals surface area contributed by atoms with Crippen LogP contribution >= 0.6 is 35.2 Å². The van der Waals surface area contributed by atoms with Gasteiger partial charge in [-0.3, -0.25) is 14.9 Å². The minimum atomic E-state index is -0.242. The number of benzene rings is 1. The molecular weight excluding hydrogens is 404 g/mol. The zero-order valence-electron chi connectivity index (χ0n) is 14.7. The van der Waals surface area contributed by atoms with E-state index in [4.69, 9.17) is 23.8 Å². The summed E-state index contributed by atoms with van der Waals surface area (Å²) < 4.78 is 0. The van der Waals surface area contributed by atoms with Gasteiger partial charge >= 0.3 is 0 Å². The number of nitrogens with zero attached hydrogens (tertiary/aromatic N) is 2. The second-order valence-electron chi connectivity index (χ2n) is 6.04. The van der Waals surface area contributed by atoms with Gasteiger partial charge in [0.15, 0.2) is 5.11 Å². The molecule has 1 aliphatic heterocycles. The largest absolute Gasteiger partial charge is 0.367 e. The number of hydrogen-bond donors (Lipinski definition) is 2. The van der Waals surface area contributed by atoms with Crippen LogP contribution in [0.25, 0.3) is 0 Å². The Morgan fingerprint density at radius 1 is 1.19 bits per heavy atom. The Bertz CT molecular complexity index is 849. The van der Waals surface area contributed by atoms with Crippen LogP contribution in [-0.4, -0.2) is 48.0 Å². The first-order valence-electron chi connectivity index (χ1n) is 8.40. The highest BCUT2D eigenvalue weighted by atomic mass is 35.5. The lowest BCUT2D eigenvalue weighted by Crippen LogP contribution is -2.48. The molecule has 27 heavy (non-hydrogen) atoms. The maximum Gasteiger partial charge on any atom is 0.267 e. The smallest absolute Gasteiger partial charge is 0.267 e. The topological polar surface area (TPSA) is 64.7 Å². The summed E-state index contributed by atoms with van der Waals surface area (Å²) in [5.41, 5.74) is 1.61. The first kappa shape index (κ1) is 19.6. The second kappa shape index (κ2) is 8.69. The third-order valence-corrected chi connectivity index (χ3v) is 5.62. The van der Waals surface area contributed by atoms with Crippen molar-refractivity contribution in [2.45, 2.75) is 6.92 Å². The highest BCUT2D eigenvalue weighted by Gasteiger charge is 2.20. The molecule has 142 valence electrons. The van der Waals surface area contributed by atoms with E-state index in [0.717, 1.165) is 18.8 Å². The van der Waals surface area contributed by atoms with Gasteiger partial charge < -0.3 is 15.1 Å². The molecule has 0 spiro atoms. The van der Waals surface area contributed by atoms with Crippen LogP contribution in [0.2, 0.25) is 5.02 Å². The van der Waals surface area contributed by atoms with E-state index in [-0.39, 0.29) is 16.9 Å². The number of nitrogens with one attached hydrogen (secondary N) is 2. The van der Waals surface area contributed by atoms with Gasteiger partial charge in [0.05, 0.1) is 15.6 Å². The van der Waals surface area contributed by atoms with Crippen molar-refractivity contribution in [3.05, 3.63) is 45.6 Å². The zero-order valence-corrected chi connectivity index (χ0v) is 17.1. The molecule has 0 bridgehead atoms. The van der Waals surface area contributed by atoms with Crippen LogP contribution in [0.15, 0.2) is 35.7 Å². The van der Waals surface area contributed by atoms with Gasteiger partial charge in [0, 0.05) is 38.8 Å². The molecule has 0 aliphatic carbocycles. The van der Waals surface area contributed by atoms with E-state index in [9.17, 15) is 9.59 Å². The molecule has 0 radical (unpaired) electrons. The Morgan fingerprint density at radius 3 is 2.52 bits per heavy atom. The minimum Gasteiger partial charge on any atom is -0.367 e. The number of halogens is 1. The summed E-state index contributed by atoms with van der Waals surface area (Å²) in [5, 5.41) is 8.26. The number of carbonyl (C=O) groups excluding carboxylic acids is 2. The summed E-state index contributed by atoms with van der Waals surface area (Å²) in [4.78, 5) is 28.0. The van der Waals surface area contributed by atoms with Crippen LogP contribution in [0.3, 0.4) is 0 Å². The van der Waals surface area contributed by atoms with E-state index in [2.05, 4.69) is 15.5 Å². The number of anilines is 2. The lowest BCUT2D eigenvalue weighted by Gasteiger charge is -2.36. The highest BCUT2D eigenvalue weighted by molar-refractivity contribution is 7.80. The standard InChI is InChI=1S/C18H19ClN4O2S2/c1-12(24)22-6-8-23(9-7-22)15-5-4-13(11-14(15)19)20-18(26)21-17(25)16-3-2-10-27-16/h2-5,10-11H,6-9H2,1H3,(H2,20,21,25,26). The third-order valence-electron chi connectivity index (χ3n) is 4.24. The van der Waals surface area contributed by atoms with Crippen molar-refractivity contribution in [1.29, 1.82) is 0 Å². The molecule has 1 aromatic carbocycles. The Kier molecular flexibility index (Phi) is 6.30. The van der Waals surface area contributed by atoms with E-state index < -0.39 is 0 Å².